The van der Waals surface area contributed by atoms with Crippen molar-refractivity contribution in [1.82, 2.24) is 0 Å². The zero-order chi connectivity index (χ0) is 15.0. The Balaban J connectivity index is 2.23. The highest BCUT2D eigenvalue weighted by Crippen LogP contribution is 2.58. The van der Waals surface area contributed by atoms with Crippen molar-refractivity contribution in [2.45, 2.75) is 71.1 Å². The summed E-state index contributed by atoms with van der Waals surface area (Å²) in [6.07, 6.45) is 5.09. The van der Waals surface area contributed by atoms with Crippen LogP contribution in [-0.2, 0) is 10.8 Å². The third-order valence-electron chi connectivity index (χ3n) is 5.68. The van der Waals surface area contributed by atoms with Gasteiger partial charge in [-0.1, -0.05) is 71.7 Å². The molecule has 0 amide bonds. The molecule has 0 atom stereocenters. The van der Waals surface area contributed by atoms with Crippen LogP contribution in [0.1, 0.15) is 71.4 Å². The van der Waals surface area contributed by atoms with Gasteiger partial charge in [0.25, 0.3) is 0 Å². The van der Waals surface area contributed by atoms with Gasteiger partial charge in [-0.15, -0.1) is 0 Å². The maximum atomic E-state index is 6.16. The Hall–Kier alpha value is -0.820. The van der Waals surface area contributed by atoms with Crippen LogP contribution in [0.25, 0.3) is 0 Å². The van der Waals surface area contributed by atoms with Gasteiger partial charge < -0.3 is 5.73 Å². The molecule has 112 valence electrons. The maximum absolute atomic E-state index is 6.16. The van der Waals surface area contributed by atoms with Crippen LogP contribution >= 0.6 is 0 Å². The summed E-state index contributed by atoms with van der Waals surface area (Å²) in [6.45, 7) is 12.2. The van der Waals surface area contributed by atoms with E-state index >= 15 is 0 Å². The largest absolute Gasteiger partial charge is 0.330 e. The van der Waals surface area contributed by atoms with Crippen molar-refractivity contribution >= 4 is 0 Å². The average Bonchev–Trinajstić information content (AvgIpc) is 2.39. The third-order valence-corrected chi connectivity index (χ3v) is 5.68. The van der Waals surface area contributed by atoms with Gasteiger partial charge in [-0.25, -0.2) is 0 Å². The van der Waals surface area contributed by atoms with E-state index in [9.17, 15) is 0 Å². The van der Waals surface area contributed by atoms with Crippen LogP contribution < -0.4 is 5.73 Å². The number of hydrogen-bond donors (Lipinski definition) is 1. The van der Waals surface area contributed by atoms with E-state index in [1.165, 1.54) is 36.8 Å². The second-order valence-corrected chi connectivity index (χ2v) is 7.87. The van der Waals surface area contributed by atoms with E-state index in [4.69, 9.17) is 5.73 Å². The van der Waals surface area contributed by atoms with Crippen molar-refractivity contribution in [3.05, 3.63) is 35.4 Å². The van der Waals surface area contributed by atoms with Gasteiger partial charge >= 0.3 is 0 Å². The van der Waals surface area contributed by atoms with E-state index in [0.717, 1.165) is 6.54 Å². The summed E-state index contributed by atoms with van der Waals surface area (Å²) in [6, 6.07) is 9.24. The van der Waals surface area contributed by atoms with E-state index in [2.05, 4.69) is 58.9 Å². The van der Waals surface area contributed by atoms with E-state index in [0.29, 0.717) is 5.41 Å². The molecule has 1 nitrogen and oxygen atoms in total. The van der Waals surface area contributed by atoms with Crippen molar-refractivity contribution in [2.75, 3.05) is 6.54 Å². The standard InChI is InChI=1S/C19H31N/c1-6-18(7-2)12-19(13-18,14-20)16-10-8-15(9-11-16)17(3,4)5/h8-11H,6-7,12-14,20H2,1-5H3. The van der Waals surface area contributed by atoms with Crippen LogP contribution in [0.5, 0.6) is 0 Å². The fourth-order valence-electron chi connectivity index (χ4n) is 3.92. The normalized spacial score (nSPS) is 20.5. The lowest BCUT2D eigenvalue weighted by atomic mass is 9.48. The van der Waals surface area contributed by atoms with E-state index in [1.807, 2.05) is 0 Å². The molecule has 0 bridgehead atoms. The molecule has 0 spiro atoms. The number of nitrogens with two attached hydrogens (primary N) is 1. The second kappa shape index (κ2) is 5.18. The fourth-order valence-corrected chi connectivity index (χ4v) is 3.92. The van der Waals surface area contributed by atoms with Crippen molar-refractivity contribution in [3.63, 3.8) is 0 Å². The zero-order valence-electron chi connectivity index (χ0n) is 13.9. The van der Waals surface area contributed by atoms with Crippen molar-refractivity contribution in [3.8, 4) is 0 Å². The Morgan fingerprint density at radius 3 is 1.85 bits per heavy atom. The Morgan fingerprint density at radius 1 is 1.00 bits per heavy atom. The number of benzene rings is 1. The van der Waals surface area contributed by atoms with Crippen LogP contribution in [0.4, 0.5) is 0 Å². The first kappa shape index (κ1) is 15.6. The summed E-state index contributed by atoms with van der Waals surface area (Å²) in [5.41, 5.74) is 10.0. The quantitative estimate of drug-likeness (QED) is 0.839. The van der Waals surface area contributed by atoms with Crippen molar-refractivity contribution in [1.29, 1.82) is 0 Å². The molecule has 0 radical (unpaired) electrons. The summed E-state index contributed by atoms with van der Waals surface area (Å²) in [4.78, 5) is 0. The van der Waals surface area contributed by atoms with Crippen LogP contribution in [0, 0.1) is 5.41 Å². The zero-order valence-corrected chi connectivity index (χ0v) is 13.9. The molecule has 2 rings (SSSR count). The fraction of sp³-hybridized carbons (Fsp3) is 0.684. The van der Waals surface area contributed by atoms with Crippen LogP contribution in [0.2, 0.25) is 0 Å². The van der Waals surface area contributed by atoms with Gasteiger partial charge in [-0.3, -0.25) is 0 Å². The average molecular weight is 273 g/mol. The summed E-state index contributed by atoms with van der Waals surface area (Å²) in [7, 11) is 0. The molecule has 1 aromatic rings. The molecule has 1 aliphatic rings. The minimum atomic E-state index is 0.227. The Labute approximate surface area is 125 Å². The monoisotopic (exact) mass is 273 g/mol. The lowest BCUT2D eigenvalue weighted by Gasteiger charge is -2.56. The Kier molecular flexibility index (Phi) is 4.03. The molecular weight excluding hydrogens is 242 g/mol. The molecule has 1 aliphatic carbocycles. The third kappa shape index (κ3) is 2.53. The molecule has 0 aromatic heterocycles. The first-order valence-electron chi connectivity index (χ1n) is 8.12. The predicted molar refractivity (Wildman–Crippen MR) is 88.1 cm³/mol. The van der Waals surface area contributed by atoms with Crippen molar-refractivity contribution < 1.29 is 0 Å². The van der Waals surface area contributed by atoms with Crippen LogP contribution in [-0.4, -0.2) is 6.54 Å². The highest BCUT2D eigenvalue weighted by atomic mass is 14.7. The highest BCUT2D eigenvalue weighted by Gasteiger charge is 2.52. The van der Waals surface area contributed by atoms with Crippen LogP contribution in [0.3, 0.4) is 0 Å². The molecule has 1 heteroatoms. The highest BCUT2D eigenvalue weighted by molar-refractivity contribution is 5.35. The molecule has 1 aromatic carbocycles. The Bertz CT molecular complexity index is 438. The molecule has 0 aliphatic heterocycles. The smallest absolute Gasteiger partial charge is 0.00861 e. The number of hydrogen-bond acceptors (Lipinski definition) is 1. The first-order valence-corrected chi connectivity index (χ1v) is 8.12. The summed E-state index contributed by atoms with van der Waals surface area (Å²) < 4.78 is 0. The van der Waals surface area contributed by atoms with Gasteiger partial charge in [-0.05, 0) is 34.8 Å². The second-order valence-electron chi connectivity index (χ2n) is 7.87. The summed E-state index contributed by atoms with van der Waals surface area (Å²) in [5.74, 6) is 0. The molecule has 0 unspecified atom stereocenters. The molecular formula is C19H31N. The summed E-state index contributed by atoms with van der Waals surface area (Å²) >= 11 is 0. The topological polar surface area (TPSA) is 26.0 Å². The lowest BCUT2D eigenvalue weighted by Crippen LogP contribution is -2.53. The minimum absolute atomic E-state index is 0.227. The molecule has 1 saturated carbocycles. The SMILES string of the molecule is CCC1(CC)CC(CN)(c2ccc(C(C)(C)C)cc2)C1. The molecule has 1 fully saturated rings. The van der Waals surface area contributed by atoms with E-state index < -0.39 is 0 Å². The van der Waals surface area contributed by atoms with Crippen molar-refractivity contribution in [2.24, 2.45) is 11.1 Å². The van der Waals surface area contributed by atoms with Gasteiger partial charge in [0.05, 0.1) is 0 Å². The summed E-state index contributed by atoms with van der Waals surface area (Å²) in [5, 5.41) is 0. The van der Waals surface area contributed by atoms with Gasteiger partial charge in [-0.2, -0.15) is 0 Å². The van der Waals surface area contributed by atoms with E-state index in [-0.39, 0.29) is 10.8 Å². The molecule has 20 heavy (non-hydrogen) atoms. The Morgan fingerprint density at radius 2 is 1.50 bits per heavy atom. The van der Waals surface area contributed by atoms with Crippen LogP contribution in [0.15, 0.2) is 24.3 Å². The van der Waals surface area contributed by atoms with Gasteiger partial charge in [0, 0.05) is 12.0 Å². The van der Waals surface area contributed by atoms with Gasteiger partial charge in [0.1, 0.15) is 0 Å². The van der Waals surface area contributed by atoms with E-state index in [1.54, 1.807) is 0 Å². The number of rotatable bonds is 4. The van der Waals surface area contributed by atoms with Gasteiger partial charge in [0.2, 0.25) is 0 Å². The molecule has 0 heterocycles. The minimum Gasteiger partial charge on any atom is -0.330 e. The molecule has 2 N–H and O–H groups in total. The predicted octanol–water partition coefficient (Wildman–Crippen LogP) is 4.78. The van der Waals surface area contributed by atoms with Gasteiger partial charge in [0.15, 0.2) is 0 Å². The lowest BCUT2D eigenvalue weighted by molar-refractivity contribution is 0.0183. The first-order chi connectivity index (χ1) is 9.31. The molecule has 0 saturated heterocycles. The maximum Gasteiger partial charge on any atom is 0.00861 e.